The quantitative estimate of drug-likeness (QED) is 0.185. The third-order valence-corrected chi connectivity index (χ3v) is 5.53. The van der Waals surface area contributed by atoms with Crippen molar-refractivity contribution in [3.63, 3.8) is 0 Å². The van der Waals surface area contributed by atoms with Gasteiger partial charge < -0.3 is 14.2 Å². The molecule has 0 radical (unpaired) electrons. The van der Waals surface area contributed by atoms with Crippen molar-refractivity contribution in [2.24, 2.45) is 5.92 Å². The molecule has 202 valence electrons. The van der Waals surface area contributed by atoms with E-state index in [0.717, 1.165) is 24.0 Å². The molecule has 38 heavy (non-hydrogen) atoms. The van der Waals surface area contributed by atoms with Crippen molar-refractivity contribution in [3.8, 4) is 17.2 Å². The highest BCUT2D eigenvalue weighted by molar-refractivity contribution is 5.91. The zero-order valence-corrected chi connectivity index (χ0v) is 19.1. The van der Waals surface area contributed by atoms with E-state index in [0.29, 0.717) is 5.92 Å². The van der Waals surface area contributed by atoms with Crippen molar-refractivity contribution in [3.05, 3.63) is 88.0 Å². The van der Waals surface area contributed by atoms with Crippen LogP contribution in [0.25, 0.3) is 0 Å². The Morgan fingerprint density at radius 3 is 1.89 bits per heavy atom. The highest BCUT2D eigenvalue weighted by atomic mass is 19.4. The molecule has 0 aromatic heterocycles. The minimum Gasteiger partial charge on any atom is -0.429 e. The summed E-state index contributed by atoms with van der Waals surface area (Å²) in [5.74, 6) is -12.8. The fourth-order valence-electron chi connectivity index (χ4n) is 4.03. The van der Waals surface area contributed by atoms with E-state index in [-0.39, 0.29) is 29.8 Å². The molecule has 0 amide bonds. The maximum atomic E-state index is 14.6. The average Bonchev–Trinajstić information content (AvgIpc) is 3.13. The standard InChI is InChI=1S/C25H15F9O4/c1-11-4-12-2-3-13(6-14(12)5-11)23(35)36-15-7-17(26)21(18(27)8-15)24(30,31)37-16-9-19(28)22(20(29)10-16)38-25(32,33)34/h2-3,6-11H,4-5H2,1H3. The Morgan fingerprint density at radius 1 is 0.763 bits per heavy atom. The van der Waals surface area contributed by atoms with Crippen molar-refractivity contribution < 1.29 is 58.5 Å². The van der Waals surface area contributed by atoms with E-state index in [1.54, 1.807) is 12.1 Å². The SMILES string of the molecule is CC1Cc2ccc(C(=O)Oc3cc(F)c(C(F)(F)Oc4cc(F)c(OC(F)(F)F)c(F)c4)c(F)c3)cc2C1. The number of fused-ring (bicyclic) bond motifs is 1. The highest BCUT2D eigenvalue weighted by Gasteiger charge is 2.42. The molecule has 0 bridgehead atoms. The number of carbonyl (C=O) groups is 1. The normalized spacial score (nSPS) is 15.3. The molecule has 0 fully saturated rings. The van der Waals surface area contributed by atoms with E-state index in [2.05, 4.69) is 9.47 Å². The summed E-state index contributed by atoms with van der Waals surface area (Å²) in [7, 11) is 0. The molecule has 0 aliphatic heterocycles. The number of alkyl halides is 5. The van der Waals surface area contributed by atoms with E-state index < -0.39 is 64.5 Å². The fraction of sp³-hybridized carbons (Fsp3) is 0.240. The van der Waals surface area contributed by atoms with Crippen LogP contribution in [-0.2, 0) is 19.0 Å². The van der Waals surface area contributed by atoms with E-state index in [1.807, 2.05) is 6.92 Å². The smallest absolute Gasteiger partial charge is 0.429 e. The van der Waals surface area contributed by atoms with Crippen LogP contribution in [0.5, 0.6) is 17.2 Å². The Morgan fingerprint density at radius 2 is 1.32 bits per heavy atom. The van der Waals surface area contributed by atoms with Gasteiger partial charge in [0.2, 0.25) is 5.75 Å². The lowest BCUT2D eigenvalue weighted by Gasteiger charge is -2.20. The molecule has 0 N–H and O–H groups in total. The highest BCUT2D eigenvalue weighted by Crippen LogP contribution is 2.39. The van der Waals surface area contributed by atoms with Gasteiger partial charge >= 0.3 is 18.4 Å². The topological polar surface area (TPSA) is 44.8 Å². The van der Waals surface area contributed by atoms with E-state index in [4.69, 9.17) is 4.74 Å². The van der Waals surface area contributed by atoms with Gasteiger partial charge in [0.05, 0.1) is 5.56 Å². The third kappa shape index (κ3) is 5.81. The molecule has 0 saturated heterocycles. The van der Waals surface area contributed by atoms with Crippen LogP contribution in [0.3, 0.4) is 0 Å². The number of benzene rings is 3. The van der Waals surface area contributed by atoms with Crippen LogP contribution in [-0.4, -0.2) is 12.3 Å². The second-order valence-corrected chi connectivity index (χ2v) is 8.53. The first kappa shape index (κ1) is 27.1. The van der Waals surface area contributed by atoms with Crippen LogP contribution in [0.4, 0.5) is 39.5 Å². The Kier molecular flexibility index (Phi) is 6.97. The van der Waals surface area contributed by atoms with Crippen LogP contribution in [0, 0.1) is 29.2 Å². The molecule has 1 aliphatic rings. The second kappa shape index (κ2) is 9.76. The fourth-order valence-corrected chi connectivity index (χ4v) is 4.03. The number of carbonyl (C=O) groups excluding carboxylic acids is 1. The predicted octanol–water partition coefficient (Wildman–Crippen LogP) is 7.22. The van der Waals surface area contributed by atoms with Crippen LogP contribution >= 0.6 is 0 Å². The Balaban J connectivity index is 1.54. The zero-order chi connectivity index (χ0) is 28.0. The van der Waals surface area contributed by atoms with Gasteiger partial charge in [0.1, 0.15) is 28.7 Å². The molecular formula is C25H15F9O4. The van der Waals surface area contributed by atoms with Gasteiger partial charge in [0, 0.05) is 24.3 Å². The zero-order valence-electron chi connectivity index (χ0n) is 19.1. The maximum absolute atomic E-state index is 14.6. The summed E-state index contributed by atoms with van der Waals surface area (Å²) >= 11 is 0. The van der Waals surface area contributed by atoms with Crippen LogP contribution < -0.4 is 14.2 Å². The van der Waals surface area contributed by atoms with E-state index in [9.17, 15) is 44.3 Å². The van der Waals surface area contributed by atoms with Gasteiger partial charge in [-0.3, -0.25) is 0 Å². The molecule has 4 nitrogen and oxygen atoms in total. The molecule has 0 saturated carbocycles. The van der Waals surface area contributed by atoms with Gasteiger partial charge in [-0.05, 0) is 42.0 Å². The monoisotopic (exact) mass is 550 g/mol. The Bertz CT molecular complexity index is 1360. The first-order valence-corrected chi connectivity index (χ1v) is 10.8. The maximum Gasteiger partial charge on any atom is 0.573 e. The lowest BCUT2D eigenvalue weighted by molar-refractivity contribution is -0.276. The number of hydrogen-bond donors (Lipinski definition) is 0. The molecular weight excluding hydrogens is 535 g/mol. The van der Waals surface area contributed by atoms with Crippen LogP contribution in [0.15, 0.2) is 42.5 Å². The van der Waals surface area contributed by atoms with Crippen LogP contribution in [0.2, 0.25) is 0 Å². The lowest BCUT2D eigenvalue weighted by Crippen LogP contribution is -2.26. The molecule has 1 aliphatic carbocycles. The van der Waals surface area contributed by atoms with Crippen LogP contribution in [0.1, 0.15) is 34.0 Å². The molecule has 1 atom stereocenters. The molecule has 4 rings (SSSR count). The number of rotatable bonds is 6. The third-order valence-electron chi connectivity index (χ3n) is 5.53. The first-order chi connectivity index (χ1) is 17.6. The van der Waals surface area contributed by atoms with Crippen molar-refractivity contribution in [2.75, 3.05) is 0 Å². The first-order valence-electron chi connectivity index (χ1n) is 10.8. The molecule has 0 heterocycles. The van der Waals surface area contributed by atoms with Crippen molar-refractivity contribution in [1.82, 2.24) is 0 Å². The van der Waals surface area contributed by atoms with E-state index in [1.165, 1.54) is 6.07 Å². The summed E-state index contributed by atoms with van der Waals surface area (Å²) < 4.78 is 134. The summed E-state index contributed by atoms with van der Waals surface area (Å²) in [6, 6.07) is 5.07. The largest absolute Gasteiger partial charge is 0.573 e. The molecule has 1 unspecified atom stereocenters. The van der Waals surface area contributed by atoms with Gasteiger partial charge in [-0.25, -0.2) is 22.4 Å². The molecule has 0 spiro atoms. The summed E-state index contributed by atoms with van der Waals surface area (Å²) in [4.78, 5) is 12.4. The van der Waals surface area contributed by atoms with Crippen molar-refractivity contribution >= 4 is 5.97 Å². The Hall–Kier alpha value is -3.90. The summed E-state index contributed by atoms with van der Waals surface area (Å²) in [6.07, 6.45) is -8.86. The molecule has 3 aromatic rings. The molecule has 13 heteroatoms. The van der Waals surface area contributed by atoms with E-state index >= 15 is 0 Å². The second-order valence-electron chi connectivity index (χ2n) is 8.53. The van der Waals surface area contributed by atoms with Gasteiger partial charge in [0.25, 0.3) is 0 Å². The summed E-state index contributed by atoms with van der Waals surface area (Å²) in [5, 5.41) is 0. The predicted molar refractivity (Wildman–Crippen MR) is 112 cm³/mol. The number of esters is 1. The van der Waals surface area contributed by atoms with Gasteiger partial charge in [-0.2, -0.15) is 8.78 Å². The minimum absolute atomic E-state index is 0.0680. The van der Waals surface area contributed by atoms with Crippen molar-refractivity contribution in [2.45, 2.75) is 32.2 Å². The van der Waals surface area contributed by atoms with Gasteiger partial charge in [-0.15, -0.1) is 13.2 Å². The van der Waals surface area contributed by atoms with Gasteiger partial charge in [-0.1, -0.05) is 13.0 Å². The lowest BCUT2D eigenvalue weighted by atomic mass is 10.1. The number of ether oxygens (including phenoxy) is 3. The number of halogens is 9. The molecule has 3 aromatic carbocycles. The van der Waals surface area contributed by atoms with Crippen molar-refractivity contribution in [1.29, 1.82) is 0 Å². The Labute approximate surface area is 208 Å². The summed E-state index contributed by atoms with van der Waals surface area (Å²) in [5.41, 5.74) is 0.000916. The minimum atomic E-state index is -5.50. The average molecular weight is 550 g/mol. The summed E-state index contributed by atoms with van der Waals surface area (Å²) in [6.45, 7) is 2.02. The number of hydrogen-bond acceptors (Lipinski definition) is 4. The van der Waals surface area contributed by atoms with Gasteiger partial charge in [0.15, 0.2) is 11.6 Å².